The van der Waals surface area contributed by atoms with Crippen molar-refractivity contribution in [1.29, 1.82) is 0 Å². The lowest BCUT2D eigenvalue weighted by molar-refractivity contribution is 0.369. The number of aromatic hydroxyl groups is 1. The lowest BCUT2D eigenvalue weighted by Crippen LogP contribution is -2.31. The average molecular weight is 298 g/mol. The summed E-state index contributed by atoms with van der Waals surface area (Å²) in [5.74, 6) is 1.89. The van der Waals surface area contributed by atoms with Crippen molar-refractivity contribution in [3.05, 3.63) is 28.2 Å². The molecule has 17 heavy (non-hydrogen) atoms. The summed E-state index contributed by atoms with van der Waals surface area (Å²) >= 11 is 3.34. The molecule has 0 saturated heterocycles. The number of halogens is 1. The third-order valence-corrected chi connectivity index (χ3v) is 4.68. The Balaban J connectivity index is 1.92. The quantitative estimate of drug-likeness (QED) is 0.892. The second-order valence-electron chi connectivity index (χ2n) is 5.19. The molecule has 3 unspecified atom stereocenters. The molecule has 1 fully saturated rings. The van der Waals surface area contributed by atoms with Crippen LogP contribution in [0.2, 0.25) is 0 Å². The van der Waals surface area contributed by atoms with Crippen molar-refractivity contribution in [2.45, 2.75) is 39.3 Å². The maximum absolute atomic E-state index is 9.43. The molecule has 0 aromatic heterocycles. The lowest BCUT2D eigenvalue weighted by atomic mass is 9.98. The first-order valence-electron chi connectivity index (χ1n) is 6.28. The fraction of sp³-hybridized carbons (Fsp3) is 0.571. The Bertz CT molecular complexity index is 394. The van der Waals surface area contributed by atoms with Crippen molar-refractivity contribution in [3.8, 4) is 5.75 Å². The van der Waals surface area contributed by atoms with Crippen LogP contribution in [0.1, 0.15) is 32.3 Å². The third-order valence-electron chi connectivity index (χ3n) is 4.05. The predicted octanol–water partition coefficient (Wildman–Crippen LogP) is 3.68. The van der Waals surface area contributed by atoms with Crippen LogP contribution in [0.5, 0.6) is 5.75 Å². The van der Waals surface area contributed by atoms with E-state index in [1.807, 2.05) is 12.1 Å². The molecule has 3 atom stereocenters. The number of rotatable bonds is 3. The predicted molar refractivity (Wildman–Crippen MR) is 74.0 cm³/mol. The van der Waals surface area contributed by atoms with Gasteiger partial charge in [-0.1, -0.05) is 19.9 Å². The van der Waals surface area contributed by atoms with Crippen LogP contribution in [0.15, 0.2) is 22.7 Å². The molecule has 1 aliphatic carbocycles. The summed E-state index contributed by atoms with van der Waals surface area (Å²) in [6.07, 6.45) is 2.61. The summed E-state index contributed by atoms with van der Waals surface area (Å²) in [6, 6.07) is 6.32. The molecule has 3 heteroatoms. The fourth-order valence-corrected chi connectivity index (χ4v) is 2.99. The van der Waals surface area contributed by atoms with E-state index < -0.39 is 0 Å². The standard InChI is InChI=1S/C14H20BrNO/c1-9-3-5-13(10(9)2)16-8-11-4-6-14(17)12(15)7-11/h4,6-7,9-10,13,16-17H,3,5,8H2,1-2H3. The summed E-state index contributed by atoms with van der Waals surface area (Å²) < 4.78 is 0.768. The molecule has 0 spiro atoms. The Morgan fingerprint density at radius 1 is 1.35 bits per heavy atom. The Morgan fingerprint density at radius 2 is 2.12 bits per heavy atom. The summed E-state index contributed by atoms with van der Waals surface area (Å²) in [5.41, 5.74) is 1.21. The molecule has 1 aliphatic rings. The van der Waals surface area contributed by atoms with Gasteiger partial charge < -0.3 is 10.4 Å². The van der Waals surface area contributed by atoms with Gasteiger partial charge in [-0.05, 0) is 58.3 Å². The van der Waals surface area contributed by atoms with E-state index in [0.717, 1.165) is 22.9 Å². The minimum Gasteiger partial charge on any atom is -0.507 e. The summed E-state index contributed by atoms with van der Waals surface area (Å²) in [4.78, 5) is 0. The summed E-state index contributed by atoms with van der Waals surface area (Å²) in [7, 11) is 0. The Kier molecular flexibility index (Phi) is 4.10. The molecule has 1 aromatic rings. The van der Waals surface area contributed by atoms with Crippen LogP contribution in [-0.2, 0) is 6.54 Å². The van der Waals surface area contributed by atoms with E-state index in [0.29, 0.717) is 11.8 Å². The van der Waals surface area contributed by atoms with E-state index in [1.54, 1.807) is 6.07 Å². The molecule has 2 N–H and O–H groups in total. The van der Waals surface area contributed by atoms with Gasteiger partial charge in [0.1, 0.15) is 5.75 Å². The molecule has 1 saturated carbocycles. The van der Waals surface area contributed by atoms with Crippen molar-refractivity contribution >= 4 is 15.9 Å². The first-order valence-corrected chi connectivity index (χ1v) is 7.08. The van der Waals surface area contributed by atoms with Crippen molar-refractivity contribution < 1.29 is 5.11 Å². The highest BCUT2D eigenvalue weighted by atomic mass is 79.9. The van der Waals surface area contributed by atoms with Crippen LogP contribution in [0.25, 0.3) is 0 Å². The van der Waals surface area contributed by atoms with Crippen LogP contribution >= 0.6 is 15.9 Å². The van der Waals surface area contributed by atoms with E-state index in [-0.39, 0.29) is 0 Å². The van der Waals surface area contributed by atoms with Crippen LogP contribution in [0.4, 0.5) is 0 Å². The second-order valence-corrected chi connectivity index (χ2v) is 6.04. The van der Waals surface area contributed by atoms with Gasteiger partial charge in [0.05, 0.1) is 4.47 Å². The first kappa shape index (κ1) is 12.9. The van der Waals surface area contributed by atoms with Gasteiger partial charge in [0.2, 0.25) is 0 Å². The zero-order valence-electron chi connectivity index (χ0n) is 10.4. The highest BCUT2D eigenvalue weighted by molar-refractivity contribution is 9.10. The SMILES string of the molecule is CC1CCC(NCc2ccc(O)c(Br)c2)C1C. The van der Waals surface area contributed by atoms with Gasteiger partial charge in [-0.2, -0.15) is 0 Å². The van der Waals surface area contributed by atoms with Crippen LogP contribution in [-0.4, -0.2) is 11.1 Å². The van der Waals surface area contributed by atoms with E-state index in [4.69, 9.17) is 0 Å². The minimum absolute atomic E-state index is 0.302. The van der Waals surface area contributed by atoms with E-state index in [2.05, 4.69) is 35.1 Å². The molecule has 0 heterocycles. The Morgan fingerprint density at radius 3 is 2.71 bits per heavy atom. The minimum atomic E-state index is 0.302. The molecule has 0 amide bonds. The number of phenolic OH excluding ortho intramolecular Hbond substituents is 1. The van der Waals surface area contributed by atoms with Gasteiger partial charge in [-0.15, -0.1) is 0 Å². The van der Waals surface area contributed by atoms with Crippen molar-refractivity contribution in [2.24, 2.45) is 11.8 Å². The third kappa shape index (κ3) is 3.02. The average Bonchev–Trinajstić information content (AvgIpc) is 2.62. The number of nitrogens with one attached hydrogen (secondary N) is 1. The Labute approximate surface area is 112 Å². The van der Waals surface area contributed by atoms with Gasteiger partial charge in [0.25, 0.3) is 0 Å². The first-order chi connectivity index (χ1) is 8.08. The van der Waals surface area contributed by atoms with Crippen LogP contribution < -0.4 is 5.32 Å². The lowest BCUT2D eigenvalue weighted by Gasteiger charge is -2.19. The van der Waals surface area contributed by atoms with Crippen LogP contribution in [0, 0.1) is 11.8 Å². The molecule has 0 bridgehead atoms. The highest BCUT2D eigenvalue weighted by Crippen LogP contribution is 2.31. The summed E-state index contributed by atoms with van der Waals surface area (Å²) in [5, 5.41) is 13.1. The molecule has 2 rings (SSSR count). The molecule has 0 aliphatic heterocycles. The largest absolute Gasteiger partial charge is 0.507 e. The smallest absolute Gasteiger partial charge is 0.129 e. The monoisotopic (exact) mass is 297 g/mol. The van der Waals surface area contributed by atoms with E-state index in [1.165, 1.54) is 18.4 Å². The van der Waals surface area contributed by atoms with Gasteiger partial charge in [-0.25, -0.2) is 0 Å². The van der Waals surface area contributed by atoms with Gasteiger partial charge >= 0.3 is 0 Å². The Hall–Kier alpha value is -0.540. The molecular formula is C14H20BrNO. The van der Waals surface area contributed by atoms with Gasteiger partial charge in [-0.3, -0.25) is 0 Å². The van der Waals surface area contributed by atoms with Crippen molar-refractivity contribution in [1.82, 2.24) is 5.32 Å². The van der Waals surface area contributed by atoms with Gasteiger partial charge in [0, 0.05) is 12.6 Å². The summed E-state index contributed by atoms with van der Waals surface area (Å²) in [6.45, 7) is 5.55. The maximum atomic E-state index is 9.43. The number of phenols is 1. The zero-order chi connectivity index (χ0) is 12.4. The van der Waals surface area contributed by atoms with E-state index >= 15 is 0 Å². The molecule has 94 valence electrons. The molecule has 2 nitrogen and oxygen atoms in total. The topological polar surface area (TPSA) is 32.3 Å². The highest BCUT2D eigenvalue weighted by Gasteiger charge is 2.28. The number of hydrogen-bond acceptors (Lipinski definition) is 2. The van der Waals surface area contributed by atoms with Crippen molar-refractivity contribution in [3.63, 3.8) is 0 Å². The number of hydrogen-bond donors (Lipinski definition) is 2. The van der Waals surface area contributed by atoms with Crippen LogP contribution in [0.3, 0.4) is 0 Å². The molecule has 1 aromatic carbocycles. The maximum Gasteiger partial charge on any atom is 0.129 e. The van der Waals surface area contributed by atoms with Gasteiger partial charge in [0.15, 0.2) is 0 Å². The number of benzene rings is 1. The van der Waals surface area contributed by atoms with Crippen molar-refractivity contribution in [2.75, 3.05) is 0 Å². The molecule has 0 radical (unpaired) electrons. The normalized spacial score (nSPS) is 28.5. The zero-order valence-corrected chi connectivity index (χ0v) is 12.0. The molecular weight excluding hydrogens is 278 g/mol. The van der Waals surface area contributed by atoms with E-state index in [9.17, 15) is 5.11 Å². The second kappa shape index (κ2) is 5.40. The fourth-order valence-electron chi connectivity index (χ4n) is 2.56.